The fraction of sp³-hybridized carbons (Fsp3) is 0.174. The first-order valence-corrected chi connectivity index (χ1v) is 10.2. The van der Waals surface area contributed by atoms with Crippen LogP contribution < -0.4 is 14.8 Å². The van der Waals surface area contributed by atoms with E-state index in [1.807, 2.05) is 36.4 Å². The van der Waals surface area contributed by atoms with Crippen molar-refractivity contribution in [1.29, 1.82) is 0 Å². The number of amides is 1. The Hall–Kier alpha value is -3.65. The van der Waals surface area contributed by atoms with Crippen molar-refractivity contribution < 1.29 is 23.8 Å². The van der Waals surface area contributed by atoms with E-state index in [9.17, 15) is 9.59 Å². The van der Waals surface area contributed by atoms with E-state index in [4.69, 9.17) is 14.2 Å². The lowest BCUT2D eigenvalue weighted by Gasteiger charge is -2.07. The molecule has 0 radical (unpaired) electrons. The number of esters is 1. The van der Waals surface area contributed by atoms with Gasteiger partial charge in [0.2, 0.25) is 5.91 Å². The molecule has 0 unspecified atom stereocenters. The normalized spacial score (nSPS) is 10.7. The van der Waals surface area contributed by atoms with Crippen LogP contribution in [0, 0.1) is 0 Å². The topological polar surface area (TPSA) is 86.8 Å². The molecular formula is C23H22N2O5S. The van der Waals surface area contributed by atoms with Gasteiger partial charge >= 0.3 is 5.97 Å². The van der Waals surface area contributed by atoms with Crippen LogP contribution in [-0.4, -0.2) is 38.2 Å². The molecule has 1 aromatic heterocycles. The van der Waals surface area contributed by atoms with Crippen LogP contribution in [0.1, 0.15) is 10.4 Å². The molecule has 0 aliphatic carbocycles. The van der Waals surface area contributed by atoms with E-state index < -0.39 is 0 Å². The minimum atomic E-state index is -0.368. The maximum atomic E-state index is 12.4. The maximum absolute atomic E-state index is 12.4. The summed E-state index contributed by atoms with van der Waals surface area (Å²) in [6.07, 6.45) is 3.15. The van der Waals surface area contributed by atoms with Gasteiger partial charge in [-0.05, 0) is 23.8 Å². The third kappa shape index (κ3) is 5.70. The molecule has 0 spiro atoms. The second-order valence-electron chi connectivity index (χ2n) is 6.35. The van der Waals surface area contributed by atoms with Crippen LogP contribution >= 0.6 is 11.3 Å². The lowest BCUT2D eigenvalue weighted by atomic mass is 10.1. The van der Waals surface area contributed by atoms with E-state index in [2.05, 4.69) is 10.3 Å². The van der Waals surface area contributed by atoms with E-state index in [1.54, 1.807) is 32.4 Å². The Morgan fingerprint density at radius 2 is 1.77 bits per heavy atom. The smallest absolute Gasteiger partial charge is 0.310 e. The zero-order chi connectivity index (χ0) is 22.2. The number of rotatable bonds is 8. The minimum absolute atomic E-state index is 0.0791. The molecule has 8 heteroatoms. The summed E-state index contributed by atoms with van der Waals surface area (Å²) in [7, 11) is 4.46. The first-order chi connectivity index (χ1) is 15.0. The van der Waals surface area contributed by atoms with Crippen LogP contribution in [0.2, 0.25) is 0 Å². The molecule has 31 heavy (non-hydrogen) atoms. The molecule has 1 N–H and O–H groups in total. The highest BCUT2D eigenvalue weighted by Gasteiger charge is 2.17. The molecule has 0 atom stereocenters. The number of aromatic nitrogens is 1. The van der Waals surface area contributed by atoms with Crippen molar-refractivity contribution in [1.82, 2.24) is 4.98 Å². The summed E-state index contributed by atoms with van der Waals surface area (Å²) in [4.78, 5) is 29.5. The largest absolute Gasteiger partial charge is 0.493 e. The maximum Gasteiger partial charge on any atom is 0.310 e. The molecule has 7 nitrogen and oxygen atoms in total. The summed E-state index contributed by atoms with van der Waals surface area (Å²) >= 11 is 1.24. The van der Waals surface area contributed by atoms with Crippen LogP contribution in [-0.2, 0) is 20.7 Å². The van der Waals surface area contributed by atoms with Gasteiger partial charge in [0.25, 0.3) is 0 Å². The summed E-state index contributed by atoms with van der Waals surface area (Å²) in [5, 5.41) is 3.16. The van der Waals surface area contributed by atoms with E-state index in [1.165, 1.54) is 24.5 Å². The van der Waals surface area contributed by atoms with E-state index in [-0.39, 0.29) is 18.3 Å². The van der Waals surface area contributed by atoms with Crippen LogP contribution in [0.4, 0.5) is 5.13 Å². The standard InChI is InChI=1S/C23H22N2O5S/c1-28-17-11-9-15(13-18(17)29-2)10-12-20(26)24-23-25-22(16-7-5-4-6-8-16)19(31-23)14-21(27)30-3/h4-13H,14H2,1-3H3,(H,24,25,26)/b12-10+. The van der Waals surface area contributed by atoms with Crippen LogP contribution in [0.5, 0.6) is 11.5 Å². The first kappa shape index (κ1) is 22.0. The Labute approximate surface area is 184 Å². The molecule has 0 aliphatic heterocycles. The molecule has 0 bridgehead atoms. The van der Waals surface area contributed by atoms with E-state index >= 15 is 0 Å². The number of thiazole rings is 1. The Morgan fingerprint density at radius 1 is 1.03 bits per heavy atom. The highest BCUT2D eigenvalue weighted by Crippen LogP contribution is 2.32. The number of ether oxygens (including phenoxy) is 3. The van der Waals surface area contributed by atoms with Gasteiger partial charge in [-0.2, -0.15) is 0 Å². The second kappa shape index (κ2) is 10.4. The zero-order valence-corrected chi connectivity index (χ0v) is 18.2. The van der Waals surface area contributed by atoms with Crippen molar-refractivity contribution in [3.63, 3.8) is 0 Å². The van der Waals surface area contributed by atoms with Gasteiger partial charge in [0, 0.05) is 16.5 Å². The van der Waals surface area contributed by atoms with Crippen LogP contribution in [0.3, 0.4) is 0 Å². The molecule has 3 aromatic rings. The average molecular weight is 439 g/mol. The lowest BCUT2D eigenvalue weighted by molar-refractivity contribution is -0.139. The third-order valence-corrected chi connectivity index (χ3v) is 5.31. The predicted molar refractivity (Wildman–Crippen MR) is 120 cm³/mol. The fourth-order valence-electron chi connectivity index (χ4n) is 2.83. The third-order valence-electron chi connectivity index (χ3n) is 4.34. The summed E-state index contributed by atoms with van der Waals surface area (Å²) in [6.45, 7) is 0. The summed E-state index contributed by atoms with van der Waals surface area (Å²) in [5.41, 5.74) is 2.29. The Bertz CT molecular complexity index is 1090. The molecule has 0 saturated heterocycles. The van der Waals surface area contributed by atoms with Gasteiger partial charge in [-0.25, -0.2) is 4.98 Å². The van der Waals surface area contributed by atoms with E-state index in [0.29, 0.717) is 22.3 Å². The SMILES string of the molecule is COC(=O)Cc1sc(NC(=O)/C=C/c2ccc(OC)c(OC)c2)nc1-c1ccccc1. The van der Waals surface area contributed by atoms with E-state index in [0.717, 1.165) is 16.0 Å². The van der Waals surface area contributed by atoms with Crippen LogP contribution in [0.15, 0.2) is 54.6 Å². The summed E-state index contributed by atoms with van der Waals surface area (Å²) in [5.74, 6) is 0.475. The Kier molecular flexibility index (Phi) is 7.40. The number of nitrogens with one attached hydrogen (secondary N) is 1. The van der Waals surface area contributed by atoms with Crippen molar-refractivity contribution in [2.75, 3.05) is 26.6 Å². The van der Waals surface area contributed by atoms with Crippen molar-refractivity contribution in [2.24, 2.45) is 0 Å². The molecule has 160 valence electrons. The molecule has 1 amide bonds. The number of hydrogen-bond donors (Lipinski definition) is 1. The van der Waals surface area contributed by atoms with Gasteiger partial charge in [-0.3, -0.25) is 14.9 Å². The predicted octanol–water partition coefficient (Wildman–Crippen LogP) is 4.19. The number of anilines is 1. The Balaban J connectivity index is 1.78. The molecule has 0 fully saturated rings. The van der Waals surface area contributed by atoms with Crippen molar-refractivity contribution >= 4 is 34.4 Å². The molecule has 2 aromatic carbocycles. The average Bonchev–Trinajstić information content (AvgIpc) is 3.19. The summed E-state index contributed by atoms with van der Waals surface area (Å²) in [6, 6.07) is 14.8. The Morgan fingerprint density at radius 3 is 2.45 bits per heavy atom. The van der Waals surface area contributed by atoms with Crippen molar-refractivity contribution in [3.8, 4) is 22.8 Å². The first-order valence-electron chi connectivity index (χ1n) is 9.37. The van der Waals surface area contributed by atoms with Gasteiger partial charge in [0.05, 0.1) is 33.4 Å². The monoisotopic (exact) mass is 438 g/mol. The lowest BCUT2D eigenvalue weighted by Crippen LogP contribution is -2.07. The van der Waals surface area contributed by atoms with Crippen LogP contribution in [0.25, 0.3) is 17.3 Å². The number of nitrogens with zero attached hydrogens (tertiary/aromatic N) is 1. The fourth-order valence-corrected chi connectivity index (χ4v) is 3.80. The highest BCUT2D eigenvalue weighted by molar-refractivity contribution is 7.16. The zero-order valence-electron chi connectivity index (χ0n) is 17.4. The van der Waals surface area contributed by atoms with Gasteiger partial charge in [-0.15, -0.1) is 11.3 Å². The molecule has 1 heterocycles. The van der Waals surface area contributed by atoms with Crippen molar-refractivity contribution in [3.05, 3.63) is 65.0 Å². The van der Waals surface area contributed by atoms with Gasteiger partial charge in [0.15, 0.2) is 16.6 Å². The number of benzene rings is 2. The number of methoxy groups -OCH3 is 3. The molecule has 0 saturated carbocycles. The molecular weight excluding hydrogens is 416 g/mol. The number of carbonyl (C=O) groups is 2. The molecule has 3 rings (SSSR count). The van der Waals surface area contributed by atoms with Gasteiger partial charge < -0.3 is 14.2 Å². The minimum Gasteiger partial charge on any atom is -0.493 e. The number of hydrogen-bond acceptors (Lipinski definition) is 7. The quantitative estimate of drug-likeness (QED) is 0.419. The second-order valence-corrected chi connectivity index (χ2v) is 7.43. The number of carbonyl (C=O) groups excluding carboxylic acids is 2. The van der Waals surface area contributed by atoms with Crippen molar-refractivity contribution in [2.45, 2.75) is 6.42 Å². The summed E-state index contributed by atoms with van der Waals surface area (Å²) < 4.78 is 15.3. The van der Waals surface area contributed by atoms with Gasteiger partial charge in [0.1, 0.15) is 0 Å². The van der Waals surface area contributed by atoms with Gasteiger partial charge in [-0.1, -0.05) is 36.4 Å². The molecule has 0 aliphatic rings. The highest BCUT2D eigenvalue weighted by atomic mass is 32.1.